The van der Waals surface area contributed by atoms with Gasteiger partial charge >= 0.3 is 0 Å². The lowest BCUT2D eigenvalue weighted by atomic mass is 9.94. The molecule has 0 bridgehead atoms. The molecule has 0 aliphatic heterocycles. The molecule has 0 heterocycles. The van der Waals surface area contributed by atoms with Gasteiger partial charge < -0.3 is 10.2 Å². The molecule has 1 aromatic rings. The van der Waals surface area contributed by atoms with Crippen LogP contribution in [0.25, 0.3) is 0 Å². The zero-order valence-corrected chi connectivity index (χ0v) is 10.3. The molecule has 0 atom stereocenters. The van der Waals surface area contributed by atoms with E-state index in [0.29, 0.717) is 0 Å². The molecule has 1 aliphatic carbocycles. The van der Waals surface area contributed by atoms with Crippen molar-refractivity contribution in [3.8, 4) is 11.5 Å². The molecule has 0 saturated heterocycles. The lowest BCUT2D eigenvalue weighted by Gasteiger charge is -2.11. The number of hydrogen-bond donors (Lipinski definition) is 2. The number of carbonyl (C=O) groups excluding carboxylic acids is 1. The normalized spacial score (nSPS) is 17.6. The van der Waals surface area contributed by atoms with Crippen molar-refractivity contribution in [2.45, 2.75) is 26.2 Å². The number of carbonyl (C=O) groups is 1. The Balaban J connectivity index is 2.29. The molecule has 0 spiro atoms. The molecule has 0 saturated carbocycles. The van der Waals surface area contributed by atoms with Gasteiger partial charge in [-0.25, -0.2) is 0 Å². The second-order valence-electron chi connectivity index (χ2n) is 4.63. The van der Waals surface area contributed by atoms with E-state index in [-0.39, 0.29) is 22.8 Å². The average molecular weight is 244 g/mol. The first-order valence-electron chi connectivity index (χ1n) is 6.00. The van der Waals surface area contributed by atoms with Crippen LogP contribution in [0.3, 0.4) is 0 Å². The number of benzene rings is 1. The van der Waals surface area contributed by atoms with Gasteiger partial charge in [0.25, 0.3) is 0 Å². The van der Waals surface area contributed by atoms with Crippen molar-refractivity contribution < 1.29 is 15.0 Å². The highest BCUT2D eigenvalue weighted by molar-refractivity contribution is 6.07. The molecule has 3 heteroatoms. The molecule has 2 rings (SSSR count). The lowest BCUT2D eigenvalue weighted by molar-refractivity contribution is 0.104. The van der Waals surface area contributed by atoms with Gasteiger partial charge in [0.1, 0.15) is 11.5 Å². The highest BCUT2D eigenvalue weighted by atomic mass is 16.3. The maximum Gasteiger partial charge on any atom is 0.189 e. The SMILES string of the molecule is CC1=C/C(=C/C(=O)c2cc(O)ccc2O)CCC1. The van der Waals surface area contributed by atoms with Crippen molar-refractivity contribution >= 4 is 5.78 Å². The van der Waals surface area contributed by atoms with Gasteiger partial charge in [-0.05, 0) is 56.0 Å². The Morgan fingerprint density at radius 2 is 2.06 bits per heavy atom. The number of aromatic hydroxyl groups is 2. The van der Waals surface area contributed by atoms with Crippen molar-refractivity contribution in [2.24, 2.45) is 0 Å². The van der Waals surface area contributed by atoms with Crippen LogP contribution in [-0.2, 0) is 0 Å². The van der Waals surface area contributed by atoms with Gasteiger partial charge in [0.2, 0.25) is 0 Å². The summed E-state index contributed by atoms with van der Waals surface area (Å²) in [5.74, 6) is -0.402. The van der Waals surface area contributed by atoms with Gasteiger partial charge in [-0.3, -0.25) is 4.79 Å². The molecule has 18 heavy (non-hydrogen) atoms. The summed E-state index contributed by atoms with van der Waals surface area (Å²) in [6.07, 6.45) is 6.55. The van der Waals surface area contributed by atoms with Crippen molar-refractivity contribution in [3.05, 3.63) is 47.1 Å². The maximum atomic E-state index is 12.0. The summed E-state index contributed by atoms with van der Waals surface area (Å²) in [6.45, 7) is 2.04. The smallest absolute Gasteiger partial charge is 0.189 e. The van der Waals surface area contributed by atoms with E-state index in [9.17, 15) is 15.0 Å². The molecule has 94 valence electrons. The van der Waals surface area contributed by atoms with Crippen LogP contribution in [0, 0.1) is 0 Å². The fourth-order valence-electron chi connectivity index (χ4n) is 2.11. The molecule has 1 aliphatic rings. The van der Waals surface area contributed by atoms with E-state index in [0.717, 1.165) is 24.8 Å². The quantitative estimate of drug-likeness (QED) is 0.476. The van der Waals surface area contributed by atoms with Crippen LogP contribution in [0.5, 0.6) is 11.5 Å². The van der Waals surface area contributed by atoms with E-state index in [2.05, 4.69) is 0 Å². The van der Waals surface area contributed by atoms with E-state index in [1.807, 2.05) is 13.0 Å². The highest BCUT2D eigenvalue weighted by Gasteiger charge is 2.12. The third-order valence-electron chi connectivity index (χ3n) is 3.03. The van der Waals surface area contributed by atoms with Crippen LogP contribution in [0.1, 0.15) is 36.5 Å². The van der Waals surface area contributed by atoms with Crippen LogP contribution in [0.4, 0.5) is 0 Å². The molecule has 0 aromatic heterocycles. The number of hydrogen-bond acceptors (Lipinski definition) is 3. The predicted molar refractivity (Wildman–Crippen MR) is 69.8 cm³/mol. The first-order valence-corrected chi connectivity index (χ1v) is 6.00. The van der Waals surface area contributed by atoms with Gasteiger partial charge in [0.15, 0.2) is 5.78 Å². The Morgan fingerprint density at radius 1 is 1.28 bits per heavy atom. The summed E-state index contributed by atoms with van der Waals surface area (Å²) in [4.78, 5) is 12.0. The van der Waals surface area contributed by atoms with Crippen molar-refractivity contribution in [2.75, 3.05) is 0 Å². The number of rotatable bonds is 2. The first kappa shape index (κ1) is 12.4. The van der Waals surface area contributed by atoms with Gasteiger partial charge in [-0.15, -0.1) is 0 Å². The van der Waals surface area contributed by atoms with E-state index in [1.165, 1.54) is 29.8 Å². The average Bonchev–Trinajstić information content (AvgIpc) is 2.32. The summed E-state index contributed by atoms with van der Waals surface area (Å²) >= 11 is 0. The molecule has 2 N–H and O–H groups in total. The predicted octanol–water partition coefficient (Wildman–Crippen LogP) is 3.34. The Bertz CT molecular complexity index is 539. The molecule has 0 unspecified atom stereocenters. The zero-order chi connectivity index (χ0) is 13.1. The van der Waals surface area contributed by atoms with E-state index < -0.39 is 0 Å². The Labute approximate surface area is 106 Å². The topological polar surface area (TPSA) is 57.5 Å². The Morgan fingerprint density at radius 3 is 2.78 bits per heavy atom. The van der Waals surface area contributed by atoms with Crippen LogP contribution in [0.15, 0.2) is 41.5 Å². The largest absolute Gasteiger partial charge is 0.508 e. The minimum Gasteiger partial charge on any atom is -0.508 e. The van der Waals surface area contributed by atoms with Crippen molar-refractivity contribution in [1.29, 1.82) is 0 Å². The van der Waals surface area contributed by atoms with Crippen molar-refractivity contribution in [3.63, 3.8) is 0 Å². The summed E-state index contributed by atoms with van der Waals surface area (Å²) in [7, 11) is 0. The van der Waals surface area contributed by atoms with Gasteiger partial charge in [0.05, 0.1) is 5.56 Å². The highest BCUT2D eigenvalue weighted by Crippen LogP contribution is 2.26. The minimum absolute atomic E-state index is 0.0232. The zero-order valence-electron chi connectivity index (χ0n) is 10.3. The summed E-state index contributed by atoms with van der Waals surface area (Å²) in [5.41, 5.74) is 2.38. The molecular weight excluding hydrogens is 228 g/mol. The van der Waals surface area contributed by atoms with E-state index in [4.69, 9.17) is 0 Å². The second-order valence-corrected chi connectivity index (χ2v) is 4.63. The van der Waals surface area contributed by atoms with Gasteiger partial charge in [-0.1, -0.05) is 11.6 Å². The summed E-state index contributed by atoms with van der Waals surface area (Å²) in [6, 6.07) is 3.96. The van der Waals surface area contributed by atoms with Crippen LogP contribution in [-0.4, -0.2) is 16.0 Å². The number of ketones is 1. The fourth-order valence-corrected chi connectivity index (χ4v) is 2.11. The van der Waals surface area contributed by atoms with Crippen LogP contribution in [0.2, 0.25) is 0 Å². The molecule has 1 aromatic carbocycles. The van der Waals surface area contributed by atoms with Gasteiger partial charge in [-0.2, -0.15) is 0 Å². The fraction of sp³-hybridized carbons (Fsp3) is 0.267. The Hall–Kier alpha value is -2.03. The van der Waals surface area contributed by atoms with Crippen LogP contribution < -0.4 is 0 Å². The Kier molecular flexibility index (Phi) is 3.51. The maximum absolute atomic E-state index is 12.0. The monoisotopic (exact) mass is 244 g/mol. The third kappa shape index (κ3) is 2.80. The molecule has 3 nitrogen and oxygen atoms in total. The minimum atomic E-state index is -0.274. The second kappa shape index (κ2) is 5.08. The van der Waals surface area contributed by atoms with Crippen LogP contribution >= 0.6 is 0 Å². The van der Waals surface area contributed by atoms with E-state index in [1.54, 1.807) is 0 Å². The lowest BCUT2D eigenvalue weighted by Crippen LogP contribution is -1.99. The van der Waals surface area contributed by atoms with E-state index >= 15 is 0 Å². The first-order chi connectivity index (χ1) is 8.56. The van der Waals surface area contributed by atoms with Gasteiger partial charge in [0, 0.05) is 0 Å². The number of phenols is 2. The summed E-state index contributed by atoms with van der Waals surface area (Å²) < 4.78 is 0. The number of allylic oxidation sites excluding steroid dienone is 4. The molecule has 0 fully saturated rings. The molecule has 0 radical (unpaired) electrons. The number of phenolic OH excluding ortho intramolecular Hbond substituents is 2. The third-order valence-corrected chi connectivity index (χ3v) is 3.03. The van der Waals surface area contributed by atoms with Crippen molar-refractivity contribution in [1.82, 2.24) is 0 Å². The summed E-state index contributed by atoms with van der Waals surface area (Å²) in [5, 5.41) is 18.9. The molecule has 0 amide bonds. The molecular formula is C15H16O3. The standard InChI is InChI=1S/C15H16O3/c1-10-3-2-4-11(7-10)8-15(18)13-9-12(16)5-6-14(13)17/h5-9,16-17H,2-4H2,1H3/b11-8+.